The second-order valence-corrected chi connectivity index (χ2v) is 6.12. The maximum atomic E-state index is 11.0. The summed E-state index contributed by atoms with van der Waals surface area (Å²) in [5.41, 5.74) is 11.3. The quantitative estimate of drug-likeness (QED) is 0.385. The van der Waals surface area contributed by atoms with Gasteiger partial charge in [-0.05, 0) is 24.3 Å². The van der Waals surface area contributed by atoms with Gasteiger partial charge in [0, 0.05) is 35.0 Å². The van der Waals surface area contributed by atoms with Crippen LogP contribution in [-0.2, 0) is 0 Å². The number of para-hydroxylation sites is 1. The SMILES string of the molecule is Nc1nc2c3c(ccn3n1)C(c1ccc([N+](=O)[O-])cc1)=Nc1ccccc1-2. The van der Waals surface area contributed by atoms with Gasteiger partial charge in [0.15, 0.2) is 0 Å². The highest BCUT2D eigenvalue weighted by Gasteiger charge is 2.23. The fourth-order valence-corrected chi connectivity index (χ4v) is 3.33. The van der Waals surface area contributed by atoms with Gasteiger partial charge < -0.3 is 5.73 Å². The number of rotatable bonds is 2. The Bertz CT molecular complexity index is 1260. The molecule has 5 rings (SSSR count). The van der Waals surface area contributed by atoms with E-state index in [1.54, 1.807) is 22.8 Å². The smallest absolute Gasteiger partial charge is 0.269 e. The summed E-state index contributed by atoms with van der Waals surface area (Å²) in [5, 5.41) is 15.2. The minimum absolute atomic E-state index is 0.0342. The van der Waals surface area contributed by atoms with Crippen molar-refractivity contribution in [2.24, 2.45) is 4.99 Å². The van der Waals surface area contributed by atoms with E-state index < -0.39 is 4.92 Å². The number of nitro benzene ring substituents is 1. The van der Waals surface area contributed by atoms with Crippen LogP contribution in [0, 0.1) is 10.1 Å². The number of nitro groups is 1. The molecule has 2 aromatic carbocycles. The molecule has 27 heavy (non-hydrogen) atoms. The summed E-state index contributed by atoms with van der Waals surface area (Å²) in [6.07, 6.45) is 1.81. The number of nitrogen functional groups attached to an aromatic ring is 1. The largest absolute Gasteiger partial charge is 0.367 e. The highest BCUT2D eigenvalue weighted by Crippen LogP contribution is 2.38. The first-order valence-corrected chi connectivity index (χ1v) is 8.20. The molecule has 4 aromatic rings. The van der Waals surface area contributed by atoms with Crippen LogP contribution in [0.1, 0.15) is 11.1 Å². The number of nitrogens with zero attached hydrogens (tertiary/aromatic N) is 5. The van der Waals surface area contributed by atoms with Gasteiger partial charge in [-0.25, -0.2) is 14.5 Å². The summed E-state index contributed by atoms with van der Waals surface area (Å²) >= 11 is 0. The Morgan fingerprint density at radius 3 is 2.56 bits per heavy atom. The van der Waals surface area contributed by atoms with Crippen LogP contribution in [0.3, 0.4) is 0 Å². The molecule has 0 atom stereocenters. The van der Waals surface area contributed by atoms with Crippen LogP contribution in [0.15, 0.2) is 65.8 Å². The molecule has 0 fully saturated rings. The highest BCUT2D eigenvalue weighted by molar-refractivity contribution is 6.20. The molecule has 2 N–H and O–H groups in total. The summed E-state index contributed by atoms with van der Waals surface area (Å²) in [4.78, 5) is 19.8. The maximum absolute atomic E-state index is 11.0. The number of nitrogens with two attached hydrogens (primary N) is 1. The van der Waals surface area contributed by atoms with Crippen molar-refractivity contribution in [2.75, 3.05) is 5.73 Å². The number of non-ortho nitro benzene ring substituents is 1. The maximum Gasteiger partial charge on any atom is 0.269 e. The summed E-state index contributed by atoms with van der Waals surface area (Å²) < 4.78 is 1.69. The van der Waals surface area contributed by atoms with Crippen molar-refractivity contribution in [3.8, 4) is 11.3 Å². The Balaban J connectivity index is 1.83. The van der Waals surface area contributed by atoms with E-state index in [4.69, 9.17) is 10.7 Å². The first-order chi connectivity index (χ1) is 13.1. The van der Waals surface area contributed by atoms with Gasteiger partial charge in [0.2, 0.25) is 5.95 Å². The third kappa shape index (κ3) is 2.27. The third-order valence-corrected chi connectivity index (χ3v) is 4.53. The van der Waals surface area contributed by atoms with Crippen LogP contribution in [-0.4, -0.2) is 25.2 Å². The predicted molar refractivity (Wildman–Crippen MR) is 101 cm³/mol. The van der Waals surface area contributed by atoms with Crippen molar-refractivity contribution in [3.05, 3.63) is 82.0 Å². The predicted octanol–water partition coefficient (Wildman–Crippen LogP) is 3.37. The van der Waals surface area contributed by atoms with Crippen LogP contribution in [0.2, 0.25) is 0 Å². The van der Waals surface area contributed by atoms with Crippen LogP contribution in [0.4, 0.5) is 17.3 Å². The molecule has 3 heterocycles. The molecule has 1 aliphatic rings. The average Bonchev–Trinajstić information content (AvgIpc) is 3.03. The van der Waals surface area contributed by atoms with Crippen LogP contribution in [0.25, 0.3) is 16.8 Å². The first kappa shape index (κ1) is 15.2. The Morgan fingerprint density at radius 1 is 1.00 bits per heavy atom. The fourth-order valence-electron chi connectivity index (χ4n) is 3.33. The molecule has 0 spiro atoms. The average molecular weight is 356 g/mol. The van der Waals surface area contributed by atoms with Crippen LogP contribution in [0.5, 0.6) is 0 Å². The van der Waals surface area contributed by atoms with E-state index in [9.17, 15) is 10.1 Å². The van der Waals surface area contributed by atoms with Gasteiger partial charge in [-0.1, -0.05) is 18.2 Å². The lowest BCUT2D eigenvalue weighted by Crippen LogP contribution is -2.06. The van der Waals surface area contributed by atoms with Gasteiger partial charge in [0.1, 0.15) is 11.2 Å². The van der Waals surface area contributed by atoms with Crippen LogP contribution < -0.4 is 5.73 Å². The van der Waals surface area contributed by atoms with Gasteiger partial charge in [-0.3, -0.25) is 10.1 Å². The number of anilines is 1. The van der Waals surface area contributed by atoms with Gasteiger partial charge in [-0.15, -0.1) is 5.10 Å². The van der Waals surface area contributed by atoms with E-state index in [1.807, 2.05) is 30.3 Å². The molecular formula is C19H12N6O2. The van der Waals surface area contributed by atoms with Crippen molar-refractivity contribution in [3.63, 3.8) is 0 Å². The van der Waals surface area contributed by atoms with Gasteiger partial charge in [0.25, 0.3) is 5.69 Å². The lowest BCUT2D eigenvalue weighted by atomic mass is 10.0. The highest BCUT2D eigenvalue weighted by atomic mass is 16.6. The van der Waals surface area contributed by atoms with Crippen molar-refractivity contribution in [1.82, 2.24) is 14.6 Å². The molecule has 1 aliphatic heterocycles. The van der Waals surface area contributed by atoms with Crippen molar-refractivity contribution < 1.29 is 4.92 Å². The second kappa shape index (κ2) is 5.46. The number of fused-ring (bicyclic) bond motifs is 2. The number of aliphatic imine (C=N–C) groups is 1. The number of benzene rings is 2. The van der Waals surface area contributed by atoms with Gasteiger partial charge >= 0.3 is 0 Å². The summed E-state index contributed by atoms with van der Waals surface area (Å²) in [6.45, 7) is 0. The molecule has 8 heteroatoms. The van der Waals surface area contributed by atoms with Gasteiger partial charge in [0.05, 0.1) is 16.3 Å². The second-order valence-electron chi connectivity index (χ2n) is 6.12. The van der Waals surface area contributed by atoms with Crippen molar-refractivity contribution in [1.29, 1.82) is 0 Å². The Hall–Kier alpha value is -4.07. The minimum Gasteiger partial charge on any atom is -0.367 e. The lowest BCUT2D eigenvalue weighted by Gasteiger charge is -2.06. The molecular weight excluding hydrogens is 344 g/mol. The zero-order valence-electron chi connectivity index (χ0n) is 13.9. The van der Waals surface area contributed by atoms with Gasteiger partial charge in [-0.2, -0.15) is 0 Å². The van der Waals surface area contributed by atoms with E-state index >= 15 is 0 Å². The van der Waals surface area contributed by atoms with E-state index in [0.717, 1.165) is 27.9 Å². The Kier molecular flexibility index (Phi) is 3.08. The molecule has 2 aromatic heterocycles. The van der Waals surface area contributed by atoms with E-state index in [2.05, 4.69) is 10.1 Å². The normalized spacial score (nSPS) is 12.4. The van der Waals surface area contributed by atoms with E-state index in [1.165, 1.54) is 12.1 Å². The fraction of sp³-hybridized carbons (Fsp3) is 0. The summed E-state index contributed by atoms with van der Waals surface area (Å²) in [7, 11) is 0. The Morgan fingerprint density at radius 2 is 1.78 bits per heavy atom. The minimum atomic E-state index is -0.420. The molecule has 0 aliphatic carbocycles. The molecule has 0 bridgehead atoms. The zero-order valence-corrected chi connectivity index (χ0v) is 13.9. The van der Waals surface area contributed by atoms with E-state index in [-0.39, 0.29) is 11.6 Å². The Labute approximate surface area is 152 Å². The van der Waals surface area contributed by atoms with Crippen LogP contribution >= 0.6 is 0 Å². The number of hydrogen-bond acceptors (Lipinski definition) is 6. The standard InChI is InChI=1S/C19H12N6O2/c20-19-22-17-13-3-1-2-4-15(13)21-16(14-9-10-24(23-19)18(14)17)11-5-7-12(8-6-11)25(26)27/h1-10H,(H2,20,23). The summed E-state index contributed by atoms with van der Waals surface area (Å²) in [6, 6.07) is 15.9. The first-order valence-electron chi connectivity index (χ1n) is 8.20. The molecule has 0 amide bonds. The molecule has 0 radical (unpaired) electrons. The monoisotopic (exact) mass is 356 g/mol. The molecule has 0 saturated heterocycles. The molecule has 0 unspecified atom stereocenters. The van der Waals surface area contributed by atoms with E-state index in [0.29, 0.717) is 11.4 Å². The molecule has 130 valence electrons. The third-order valence-electron chi connectivity index (χ3n) is 4.53. The molecule has 0 saturated carbocycles. The summed E-state index contributed by atoms with van der Waals surface area (Å²) in [5.74, 6) is 0.174. The molecule has 8 nitrogen and oxygen atoms in total. The van der Waals surface area contributed by atoms with Crippen molar-refractivity contribution >= 4 is 28.6 Å². The lowest BCUT2D eigenvalue weighted by molar-refractivity contribution is -0.384. The topological polar surface area (TPSA) is 112 Å². The number of aromatic nitrogens is 3. The zero-order chi connectivity index (χ0) is 18.5. The number of hydrogen-bond donors (Lipinski definition) is 1. The van der Waals surface area contributed by atoms with Crippen molar-refractivity contribution in [2.45, 2.75) is 0 Å².